The number of aryl methyl sites for hydroxylation is 2. The Kier molecular flexibility index (Phi) is 5.01. The molecule has 0 atom stereocenters. The van der Waals surface area contributed by atoms with Gasteiger partial charge in [0, 0.05) is 33.4 Å². The second kappa shape index (κ2) is 7.43. The highest BCUT2D eigenvalue weighted by Gasteiger charge is 2.42. The van der Waals surface area contributed by atoms with Crippen molar-refractivity contribution >= 4 is 10.8 Å². The van der Waals surface area contributed by atoms with Crippen molar-refractivity contribution in [3.63, 3.8) is 0 Å². The monoisotopic (exact) mass is 465 g/mol. The largest absolute Gasteiger partial charge is 0.218 e. The predicted molar refractivity (Wildman–Crippen MR) is 144 cm³/mol. The predicted octanol–water partition coefficient (Wildman–Crippen LogP) is 6.73. The van der Waals surface area contributed by atoms with E-state index in [0.717, 1.165) is 23.0 Å². The van der Waals surface area contributed by atoms with E-state index in [2.05, 4.69) is 117 Å². The van der Waals surface area contributed by atoms with E-state index in [9.17, 15) is 0 Å². The normalized spacial score (nSPS) is 14.8. The van der Waals surface area contributed by atoms with E-state index in [1.54, 1.807) is 0 Å². The van der Waals surface area contributed by atoms with Crippen molar-refractivity contribution in [1.82, 2.24) is 15.0 Å². The summed E-state index contributed by atoms with van der Waals surface area (Å²) >= 11 is 0. The van der Waals surface area contributed by atoms with Crippen molar-refractivity contribution in [3.8, 4) is 22.6 Å². The number of fused-ring (bicyclic) bond motifs is 2. The molecule has 0 unspecified atom stereocenters. The third-order valence-electron chi connectivity index (χ3n) is 7.33. The molecule has 0 aliphatic heterocycles. The Bertz CT molecular complexity index is 1470. The van der Waals surface area contributed by atoms with E-state index in [1.807, 2.05) is 0 Å². The number of hydrogen-bond acceptors (Lipinski definition) is 3. The van der Waals surface area contributed by atoms with Crippen LogP contribution in [0.1, 0.15) is 83.7 Å². The van der Waals surface area contributed by atoms with Crippen molar-refractivity contribution in [2.45, 2.75) is 78.6 Å². The highest BCUT2D eigenvalue weighted by atomic mass is 15.1. The average Bonchev–Trinajstić information content (AvgIpc) is 2.77. The first-order valence-electron chi connectivity index (χ1n) is 12.5. The molecule has 5 rings (SSSR count). The Morgan fingerprint density at radius 1 is 0.800 bits per heavy atom. The number of nitrogens with zero attached hydrogens (tertiary/aromatic N) is 4. The summed E-state index contributed by atoms with van der Waals surface area (Å²) in [4.78, 5) is 15.1. The van der Waals surface area contributed by atoms with Gasteiger partial charge >= 0.3 is 0 Å². The maximum Gasteiger partial charge on any atom is 0.218 e. The lowest BCUT2D eigenvalue weighted by Crippen LogP contribution is -2.38. The topological polar surface area (TPSA) is 42.6 Å². The molecule has 2 aromatic carbocycles. The molecule has 180 valence electrons. The van der Waals surface area contributed by atoms with Gasteiger partial charge in [-0.3, -0.25) is 0 Å². The van der Waals surface area contributed by atoms with E-state index in [4.69, 9.17) is 15.0 Å². The second-order valence-electron chi connectivity index (χ2n) is 12.7. The van der Waals surface area contributed by atoms with Gasteiger partial charge in [-0.2, -0.15) is 0 Å². The zero-order valence-electron chi connectivity index (χ0n) is 22.8. The average molecular weight is 466 g/mol. The fraction of sp³-hybridized carbons (Fsp3) is 0.419. The first-order chi connectivity index (χ1) is 16.2. The van der Waals surface area contributed by atoms with E-state index >= 15 is 0 Å². The molecule has 0 saturated carbocycles. The Morgan fingerprint density at radius 2 is 1.43 bits per heavy atom. The molecule has 0 fully saturated rings. The van der Waals surface area contributed by atoms with Crippen LogP contribution in [0, 0.1) is 6.92 Å². The molecule has 2 aromatic heterocycles. The summed E-state index contributed by atoms with van der Waals surface area (Å²) in [5, 5.41) is 2.65. The molecule has 4 aromatic rings. The molecular weight excluding hydrogens is 428 g/mol. The maximum atomic E-state index is 5.09. The molecule has 1 aliphatic rings. The lowest BCUT2D eigenvalue weighted by atomic mass is 9.67. The highest BCUT2D eigenvalue weighted by molar-refractivity contribution is 6.04. The van der Waals surface area contributed by atoms with Crippen LogP contribution in [-0.2, 0) is 23.3 Å². The summed E-state index contributed by atoms with van der Waals surface area (Å²) < 4.78 is 2.27. The Morgan fingerprint density at radius 3 is 2.03 bits per heavy atom. The van der Waals surface area contributed by atoms with Crippen LogP contribution >= 0.6 is 0 Å². The molecule has 0 saturated heterocycles. The summed E-state index contributed by atoms with van der Waals surface area (Å²) in [5.41, 5.74) is 7.01. The van der Waals surface area contributed by atoms with Crippen LogP contribution in [0.2, 0.25) is 0 Å². The van der Waals surface area contributed by atoms with Crippen molar-refractivity contribution in [1.29, 1.82) is 0 Å². The number of aromatic nitrogens is 4. The molecule has 0 spiro atoms. The molecule has 4 heteroatoms. The molecule has 0 amide bonds. The molecule has 0 radical (unpaired) electrons. The number of rotatable bonds is 1. The van der Waals surface area contributed by atoms with Crippen LogP contribution in [-0.4, -0.2) is 15.0 Å². The van der Waals surface area contributed by atoms with E-state index in [1.165, 1.54) is 38.7 Å². The third-order valence-corrected chi connectivity index (χ3v) is 7.33. The molecule has 0 bridgehead atoms. The van der Waals surface area contributed by atoms with Gasteiger partial charge in [-0.25, -0.2) is 19.5 Å². The van der Waals surface area contributed by atoms with Crippen molar-refractivity contribution in [3.05, 3.63) is 70.9 Å². The molecule has 4 nitrogen and oxygen atoms in total. The lowest BCUT2D eigenvalue weighted by molar-refractivity contribution is -0.660. The van der Waals surface area contributed by atoms with Crippen LogP contribution in [0.25, 0.3) is 33.4 Å². The van der Waals surface area contributed by atoms with Crippen LogP contribution in [0.15, 0.2) is 42.6 Å². The van der Waals surface area contributed by atoms with E-state index in [-0.39, 0.29) is 16.2 Å². The van der Waals surface area contributed by atoms with Gasteiger partial charge in [0.25, 0.3) is 0 Å². The smallest absolute Gasteiger partial charge is 0.217 e. The van der Waals surface area contributed by atoms with Crippen LogP contribution < -0.4 is 4.57 Å². The van der Waals surface area contributed by atoms with E-state index in [0.29, 0.717) is 0 Å². The fourth-order valence-corrected chi connectivity index (χ4v) is 5.38. The molecule has 2 heterocycles. The third kappa shape index (κ3) is 3.57. The quantitative estimate of drug-likeness (QED) is 0.293. The number of hydrogen-bond donors (Lipinski definition) is 0. The minimum Gasteiger partial charge on any atom is -0.217 e. The molecule has 0 N–H and O–H groups in total. The maximum absolute atomic E-state index is 5.09. The van der Waals surface area contributed by atoms with Gasteiger partial charge in [0.2, 0.25) is 5.69 Å². The molecule has 35 heavy (non-hydrogen) atoms. The zero-order chi connectivity index (χ0) is 25.5. The van der Waals surface area contributed by atoms with E-state index < -0.39 is 0 Å². The Hall–Kier alpha value is -3.14. The fourth-order valence-electron chi connectivity index (χ4n) is 5.38. The van der Waals surface area contributed by atoms with Crippen LogP contribution in [0.3, 0.4) is 0 Å². The first-order valence-corrected chi connectivity index (χ1v) is 12.5. The summed E-state index contributed by atoms with van der Waals surface area (Å²) in [5.74, 6) is 2.44. The molecule has 1 aliphatic carbocycles. The lowest BCUT2D eigenvalue weighted by Gasteiger charge is -2.35. The van der Waals surface area contributed by atoms with Crippen molar-refractivity contribution in [2.24, 2.45) is 7.05 Å². The minimum absolute atomic E-state index is 0.179. The zero-order valence-corrected chi connectivity index (χ0v) is 22.8. The van der Waals surface area contributed by atoms with Gasteiger partial charge in [-0.15, -0.1) is 0 Å². The standard InChI is InChI=1S/C31H37N4/c1-18-14-15-19-12-11-13-21-23(19)22(18)25-24(31(21,8)9)20(16-17-35(25)10)26-32-27(29(2,3)4)34-28(33-26)30(5,6)7/h11-17H,1-10H3/q+1. The summed E-state index contributed by atoms with van der Waals surface area (Å²) in [6.45, 7) is 19.9. The number of benzene rings is 2. The van der Waals surface area contributed by atoms with Crippen molar-refractivity contribution in [2.75, 3.05) is 0 Å². The number of pyridine rings is 1. The highest BCUT2D eigenvalue weighted by Crippen LogP contribution is 2.51. The SMILES string of the molecule is Cc1ccc2cccc3c2c1-c1c(c(-c2nc(C(C)(C)C)nc(C(C)(C)C)n2)cc[n+]1C)C3(C)C. The van der Waals surface area contributed by atoms with Gasteiger partial charge in [-0.05, 0) is 28.8 Å². The Labute approximate surface area is 209 Å². The van der Waals surface area contributed by atoms with Crippen LogP contribution in [0.4, 0.5) is 0 Å². The summed E-state index contributed by atoms with van der Waals surface area (Å²) in [6, 6.07) is 13.4. The summed E-state index contributed by atoms with van der Waals surface area (Å²) in [7, 11) is 2.15. The Balaban J connectivity index is 1.93. The first kappa shape index (κ1) is 23.6. The van der Waals surface area contributed by atoms with Crippen molar-refractivity contribution < 1.29 is 4.57 Å². The van der Waals surface area contributed by atoms with Gasteiger partial charge in [0.1, 0.15) is 18.7 Å². The minimum atomic E-state index is -0.222. The summed E-state index contributed by atoms with van der Waals surface area (Å²) in [6.07, 6.45) is 2.16. The van der Waals surface area contributed by atoms with Gasteiger partial charge in [0.15, 0.2) is 12.0 Å². The van der Waals surface area contributed by atoms with Gasteiger partial charge < -0.3 is 0 Å². The van der Waals surface area contributed by atoms with Gasteiger partial charge in [0.05, 0.1) is 5.56 Å². The second-order valence-corrected chi connectivity index (χ2v) is 12.7. The van der Waals surface area contributed by atoms with Gasteiger partial charge in [-0.1, -0.05) is 85.7 Å². The van der Waals surface area contributed by atoms with Crippen LogP contribution in [0.5, 0.6) is 0 Å². The molecular formula is C31H37N4+.